The van der Waals surface area contributed by atoms with Crippen LogP contribution in [0.2, 0.25) is 0 Å². The van der Waals surface area contributed by atoms with Crippen LogP contribution in [0.1, 0.15) is 0 Å². The van der Waals surface area contributed by atoms with E-state index < -0.39 is 10.0 Å². The first kappa shape index (κ1) is 16.7. The van der Waals surface area contributed by atoms with Gasteiger partial charge in [0.25, 0.3) is 10.0 Å². The number of sulfonamides is 1. The molecule has 0 aliphatic rings. The van der Waals surface area contributed by atoms with Gasteiger partial charge in [0, 0.05) is 29.8 Å². The molecule has 0 atom stereocenters. The summed E-state index contributed by atoms with van der Waals surface area (Å²) in [5.41, 5.74) is 1.17. The normalized spacial score (nSPS) is 11.3. The lowest BCUT2D eigenvalue weighted by Crippen LogP contribution is -2.13. The molecule has 0 radical (unpaired) electrons. The second kappa shape index (κ2) is 6.88. The van der Waals surface area contributed by atoms with Gasteiger partial charge in [-0.05, 0) is 30.3 Å². The average molecular weight is 382 g/mol. The number of aromatic amines is 1. The molecule has 1 aromatic carbocycles. The maximum atomic E-state index is 12.2. The van der Waals surface area contributed by atoms with E-state index in [1.165, 1.54) is 18.9 Å². The summed E-state index contributed by atoms with van der Waals surface area (Å²) < 4.78 is 28.4. The number of nitrogens with one attached hydrogen (secondary N) is 3. The molecule has 3 N–H and O–H groups in total. The summed E-state index contributed by atoms with van der Waals surface area (Å²) in [6.45, 7) is 0. The molecular weight excluding hydrogens is 368 g/mol. The fourth-order valence-corrected chi connectivity index (χ4v) is 3.28. The predicted octanol–water partition coefficient (Wildman–Crippen LogP) is 1.93. The molecule has 0 saturated carbocycles. The Labute approximate surface area is 154 Å². The monoisotopic (exact) mass is 382 g/mol. The third-order valence-corrected chi connectivity index (χ3v) is 4.87. The highest BCUT2D eigenvalue weighted by Crippen LogP contribution is 2.20. The Balaban J connectivity index is 1.48. The molecule has 0 aliphatic heterocycles. The van der Waals surface area contributed by atoms with E-state index in [1.54, 1.807) is 53.5 Å². The number of H-pyrrole nitrogens is 1. The van der Waals surface area contributed by atoms with Crippen molar-refractivity contribution in [3.8, 4) is 5.82 Å². The molecule has 0 spiro atoms. The van der Waals surface area contributed by atoms with Gasteiger partial charge in [-0.2, -0.15) is 13.5 Å². The number of benzene rings is 1. The van der Waals surface area contributed by atoms with Crippen molar-refractivity contribution in [1.29, 1.82) is 0 Å². The smallest absolute Gasteiger partial charge is 0.278 e. The van der Waals surface area contributed by atoms with E-state index in [-0.39, 0.29) is 5.03 Å². The Morgan fingerprint density at radius 2 is 1.89 bits per heavy atom. The molecule has 4 aromatic rings. The summed E-state index contributed by atoms with van der Waals surface area (Å²) in [5, 5.41) is 7.26. The zero-order valence-corrected chi connectivity index (χ0v) is 14.6. The zero-order chi connectivity index (χ0) is 18.7. The minimum Gasteiger partial charge on any atom is -0.340 e. The molecule has 11 heteroatoms. The molecule has 0 saturated heterocycles. The van der Waals surface area contributed by atoms with Crippen LogP contribution < -0.4 is 10.0 Å². The highest BCUT2D eigenvalue weighted by molar-refractivity contribution is 7.92. The number of hydrogen-bond donors (Lipinski definition) is 3. The van der Waals surface area contributed by atoms with Crippen LogP contribution in [-0.2, 0) is 10.0 Å². The second-order valence-electron chi connectivity index (χ2n) is 5.44. The standard InChI is InChI=1S/C16H14N8O2S/c25-27(26,16-9-17-10-20-16)23-13-4-2-12(3-5-13)22-14-8-15(19-11-18-14)24-7-1-6-21-24/h1-11,23H,(H,17,20)(H,18,19,22). The average Bonchev–Trinajstić information content (AvgIpc) is 3.38. The van der Waals surface area contributed by atoms with Crippen LogP contribution in [0.25, 0.3) is 5.82 Å². The van der Waals surface area contributed by atoms with Crippen molar-refractivity contribution in [2.45, 2.75) is 5.03 Å². The van der Waals surface area contributed by atoms with Gasteiger partial charge in [-0.1, -0.05) is 0 Å². The minimum absolute atomic E-state index is 0.00293. The third kappa shape index (κ3) is 3.77. The van der Waals surface area contributed by atoms with Crippen molar-refractivity contribution in [3.63, 3.8) is 0 Å². The fourth-order valence-electron chi connectivity index (χ4n) is 2.31. The number of rotatable bonds is 6. The van der Waals surface area contributed by atoms with Crippen LogP contribution in [0.15, 0.2) is 72.7 Å². The molecule has 10 nitrogen and oxygen atoms in total. The van der Waals surface area contributed by atoms with Crippen LogP contribution in [0.4, 0.5) is 17.2 Å². The molecule has 27 heavy (non-hydrogen) atoms. The molecule has 0 amide bonds. The maximum Gasteiger partial charge on any atom is 0.278 e. The number of hydrogen-bond acceptors (Lipinski definition) is 7. The van der Waals surface area contributed by atoms with Crippen molar-refractivity contribution < 1.29 is 8.42 Å². The lowest BCUT2D eigenvalue weighted by atomic mass is 10.3. The van der Waals surface area contributed by atoms with Crippen LogP contribution in [0.5, 0.6) is 0 Å². The van der Waals surface area contributed by atoms with E-state index in [2.05, 4.69) is 35.1 Å². The molecule has 136 valence electrons. The summed E-state index contributed by atoms with van der Waals surface area (Å²) in [6, 6.07) is 10.3. The van der Waals surface area contributed by atoms with Crippen molar-refractivity contribution in [2.75, 3.05) is 10.0 Å². The van der Waals surface area contributed by atoms with Gasteiger partial charge in [0.15, 0.2) is 10.8 Å². The van der Waals surface area contributed by atoms with Crippen molar-refractivity contribution in [1.82, 2.24) is 29.7 Å². The minimum atomic E-state index is -3.69. The first-order valence-corrected chi connectivity index (χ1v) is 9.29. The highest BCUT2D eigenvalue weighted by atomic mass is 32.2. The third-order valence-electron chi connectivity index (χ3n) is 3.56. The number of imidazole rings is 1. The van der Waals surface area contributed by atoms with Crippen molar-refractivity contribution in [3.05, 3.63) is 67.6 Å². The largest absolute Gasteiger partial charge is 0.340 e. The summed E-state index contributed by atoms with van der Waals surface area (Å²) in [6.07, 6.45) is 7.43. The highest BCUT2D eigenvalue weighted by Gasteiger charge is 2.15. The van der Waals surface area contributed by atoms with Gasteiger partial charge in [-0.15, -0.1) is 0 Å². The zero-order valence-electron chi connectivity index (χ0n) is 13.8. The summed E-state index contributed by atoms with van der Waals surface area (Å²) in [7, 11) is -3.69. The first-order valence-electron chi connectivity index (χ1n) is 7.80. The quantitative estimate of drug-likeness (QED) is 0.464. The molecular formula is C16H14N8O2S. The molecule has 4 rings (SSSR count). The Morgan fingerprint density at radius 1 is 1.07 bits per heavy atom. The van der Waals surface area contributed by atoms with Gasteiger partial charge < -0.3 is 10.3 Å². The molecule has 0 aliphatic carbocycles. The van der Waals surface area contributed by atoms with Crippen LogP contribution in [0, 0.1) is 0 Å². The lowest BCUT2D eigenvalue weighted by Gasteiger charge is -2.09. The van der Waals surface area contributed by atoms with Crippen LogP contribution in [-0.4, -0.2) is 38.1 Å². The van der Waals surface area contributed by atoms with E-state index in [0.717, 1.165) is 5.69 Å². The van der Waals surface area contributed by atoms with Gasteiger partial charge in [0.1, 0.15) is 12.1 Å². The Kier molecular flexibility index (Phi) is 4.26. The summed E-state index contributed by atoms with van der Waals surface area (Å²) in [4.78, 5) is 14.6. The van der Waals surface area contributed by atoms with Crippen molar-refractivity contribution in [2.24, 2.45) is 0 Å². The van der Waals surface area contributed by atoms with E-state index >= 15 is 0 Å². The topological polar surface area (TPSA) is 130 Å². The van der Waals surface area contributed by atoms with Gasteiger partial charge >= 0.3 is 0 Å². The molecule has 0 bridgehead atoms. The van der Waals surface area contributed by atoms with Crippen molar-refractivity contribution >= 4 is 27.2 Å². The van der Waals surface area contributed by atoms with Gasteiger partial charge in [0.05, 0.1) is 12.5 Å². The summed E-state index contributed by atoms with van der Waals surface area (Å²) in [5.74, 6) is 1.21. The first-order chi connectivity index (χ1) is 13.1. The lowest BCUT2D eigenvalue weighted by molar-refractivity contribution is 0.598. The maximum absolute atomic E-state index is 12.2. The molecule has 0 unspecified atom stereocenters. The summed E-state index contributed by atoms with van der Waals surface area (Å²) >= 11 is 0. The van der Waals surface area contributed by atoms with Gasteiger partial charge in [-0.3, -0.25) is 4.72 Å². The SMILES string of the molecule is O=S(=O)(Nc1ccc(Nc2cc(-n3cccn3)ncn2)cc1)c1cnc[nH]1. The van der Waals surface area contributed by atoms with Crippen LogP contribution in [0.3, 0.4) is 0 Å². The number of anilines is 3. The molecule has 3 aromatic heterocycles. The Morgan fingerprint density at radius 3 is 2.59 bits per heavy atom. The second-order valence-corrected chi connectivity index (χ2v) is 7.09. The van der Waals surface area contributed by atoms with E-state index in [0.29, 0.717) is 17.3 Å². The van der Waals surface area contributed by atoms with E-state index in [4.69, 9.17) is 0 Å². The van der Waals surface area contributed by atoms with Gasteiger partial charge in [0.2, 0.25) is 0 Å². The molecule has 3 heterocycles. The van der Waals surface area contributed by atoms with E-state index in [9.17, 15) is 8.42 Å². The van der Waals surface area contributed by atoms with E-state index in [1.807, 2.05) is 0 Å². The number of nitrogens with zero attached hydrogens (tertiary/aromatic N) is 5. The Bertz CT molecular complexity index is 1120. The number of aromatic nitrogens is 6. The predicted molar refractivity (Wildman–Crippen MR) is 98.3 cm³/mol. The van der Waals surface area contributed by atoms with Gasteiger partial charge in [-0.25, -0.2) is 19.6 Å². The fraction of sp³-hybridized carbons (Fsp3) is 0. The molecule has 0 fully saturated rings. The Hall–Kier alpha value is -3.73. The van der Waals surface area contributed by atoms with Crippen LogP contribution >= 0.6 is 0 Å².